The average Bonchev–Trinajstić information content (AvgIpc) is 2.17. The van der Waals surface area contributed by atoms with Crippen molar-refractivity contribution in [3.8, 4) is 5.75 Å². The number of aliphatic carboxylic acids is 1. The Bertz CT molecular complexity index is 404. The van der Waals surface area contributed by atoms with Gasteiger partial charge < -0.3 is 9.84 Å². The molecule has 0 saturated carbocycles. The number of hydrogen-bond acceptors (Lipinski definition) is 3. The van der Waals surface area contributed by atoms with Gasteiger partial charge in [-0.05, 0) is 32.0 Å². The molecule has 0 atom stereocenters. The summed E-state index contributed by atoms with van der Waals surface area (Å²) in [5.41, 5.74) is 0. The van der Waals surface area contributed by atoms with E-state index in [2.05, 4.69) is 0 Å². The zero-order valence-corrected chi connectivity index (χ0v) is 10.1. The third-order valence-electron chi connectivity index (χ3n) is 2.01. The highest BCUT2D eigenvalue weighted by Gasteiger charge is 2.29. The Kier molecular flexibility index (Phi) is 3.80. The second-order valence-electron chi connectivity index (χ2n) is 3.71. The minimum absolute atomic E-state index is 0.413. The smallest absolute Gasteiger partial charge is 0.319 e. The van der Waals surface area contributed by atoms with Crippen LogP contribution in [0.5, 0.6) is 5.75 Å². The fourth-order valence-corrected chi connectivity index (χ4v) is 2.11. The van der Waals surface area contributed by atoms with Crippen molar-refractivity contribution in [3.63, 3.8) is 0 Å². The topological polar surface area (TPSA) is 46.5 Å². The number of carboxylic acids is 1. The number of methoxy groups -OCH3 is 1. The van der Waals surface area contributed by atoms with E-state index in [0.29, 0.717) is 10.6 Å². The molecule has 3 nitrogen and oxygen atoms in total. The van der Waals surface area contributed by atoms with Crippen LogP contribution in [0.2, 0.25) is 0 Å². The first-order chi connectivity index (χ1) is 7.36. The summed E-state index contributed by atoms with van der Waals surface area (Å²) in [6.45, 7) is 3.12. The molecule has 0 aromatic heterocycles. The lowest BCUT2D eigenvalue weighted by molar-refractivity contribution is -0.138. The molecule has 0 bridgehead atoms. The first-order valence-electron chi connectivity index (χ1n) is 4.63. The van der Waals surface area contributed by atoms with Crippen LogP contribution >= 0.6 is 11.8 Å². The van der Waals surface area contributed by atoms with Crippen molar-refractivity contribution in [2.75, 3.05) is 7.11 Å². The van der Waals surface area contributed by atoms with Gasteiger partial charge in [-0.1, -0.05) is 0 Å². The van der Waals surface area contributed by atoms with Crippen LogP contribution in [0.3, 0.4) is 0 Å². The number of rotatable bonds is 4. The summed E-state index contributed by atoms with van der Waals surface area (Å²) in [5.74, 6) is -0.894. The third-order valence-corrected chi connectivity index (χ3v) is 3.23. The number of carboxylic acid groups (broad SMARTS) is 1. The zero-order chi connectivity index (χ0) is 12.3. The fraction of sp³-hybridized carbons (Fsp3) is 0.364. The molecule has 0 saturated heterocycles. The van der Waals surface area contributed by atoms with Crippen molar-refractivity contribution >= 4 is 17.7 Å². The first kappa shape index (κ1) is 12.8. The maximum absolute atomic E-state index is 13.0. The van der Waals surface area contributed by atoms with Crippen LogP contribution in [0.15, 0.2) is 23.1 Å². The SMILES string of the molecule is COc1ccc(F)cc1SC(C)(C)C(=O)O. The Morgan fingerprint density at radius 1 is 1.50 bits per heavy atom. The molecule has 1 aromatic rings. The molecule has 1 rings (SSSR count). The van der Waals surface area contributed by atoms with Crippen molar-refractivity contribution < 1.29 is 19.0 Å². The molecule has 0 aliphatic rings. The predicted molar refractivity (Wildman–Crippen MR) is 60.5 cm³/mol. The lowest BCUT2D eigenvalue weighted by atomic mass is 10.2. The van der Waals surface area contributed by atoms with Crippen LogP contribution in [-0.4, -0.2) is 22.9 Å². The summed E-state index contributed by atoms with van der Waals surface area (Å²) in [5, 5.41) is 8.98. The van der Waals surface area contributed by atoms with E-state index >= 15 is 0 Å². The van der Waals surface area contributed by atoms with Gasteiger partial charge in [-0.3, -0.25) is 4.79 Å². The maximum atomic E-state index is 13.0. The normalized spacial score (nSPS) is 11.2. The molecule has 0 unspecified atom stereocenters. The fourth-order valence-electron chi connectivity index (χ4n) is 1.05. The lowest BCUT2D eigenvalue weighted by Gasteiger charge is -2.19. The Morgan fingerprint density at radius 3 is 2.62 bits per heavy atom. The van der Waals surface area contributed by atoms with E-state index in [1.807, 2.05) is 0 Å². The van der Waals surface area contributed by atoms with Crippen molar-refractivity contribution in [1.29, 1.82) is 0 Å². The van der Waals surface area contributed by atoms with E-state index in [4.69, 9.17) is 9.84 Å². The van der Waals surface area contributed by atoms with Crippen LogP contribution in [0.1, 0.15) is 13.8 Å². The van der Waals surface area contributed by atoms with Crippen molar-refractivity contribution in [3.05, 3.63) is 24.0 Å². The molecule has 0 heterocycles. The molecule has 0 radical (unpaired) electrons. The molecule has 0 aliphatic carbocycles. The van der Waals surface area contributed by atoms with Crippen LogP contribution < -0.4 is 4.74 Å². The standard InChI is InChI=1S/C11H13FO3S/c1-11(2,10(13)14)16-9-6-7(12)4-5-8(9)15-3/h4-6H,1-3H3,(H,13,14). The minimum Gasteiger partial charge on any atom is -0.496 e. The molecule has 1 aromatic carbocycles. The van der Waals surface area contributed by atoms with Crippen molar-refractivity contribution in [2.45, 2.75) is 23.5 Å². The van der Waals surface area contributed by atoms with Gasteiger partial charge in [-0.25, -0.2) is 4.39 Å². The van der Waals surface area contributed by atoms with Crippen molar-refractivity contribution in [2.24, 2.45) is 0 Å². The van der Waals surface area contributed by atoms with Gasteiger partial charge in [0.25, 0.3) is 0 Å². The maximum Gasteiger partial charge on any atom is 0.319 e. The van der Waals surface area contributed by atoms with Gasteiger partial charge in [0.05, 0.1) is 12.0 Å². The van der Waals surface area contributed by atoms with E-state index in [0.717, 1.165) is 11.8 Å². The molecule has 0 fully saturated rings. The summed E-state index contributed by atoms with van der Waals surface area (Å²) in [4.78, 5) is 11.4. The molecule has 0 spiro atoms. The summed E-state index contributed by atoms with van der Waals surface area (Å²) in [6.07, 6.45) is 0. The highest BCUT2D eigenvalue weighted by atomic mass is 32.2. The van der Waals surface area contributed by atoms with Gasteiger partial charge >= 0.3 is 5.97 Å². The highest BCUT2D eigenvalue weighted by molar-refractivity contribution is 8.01. The second-order valence-corrected chi connectivity index (χ2v) is 5.38. The lowest BCUT2D eigenvalue weighted by Crippen LogP contribution is -2.26. The summed E-state index contributed by atoms with van der Waals surface area (Å²) in [7, 11) is 1.46. The van der Waals surface area contributed by atoms with Crippen LogP contribution in [0.25, 0.3) is 0 Å². The number of benzene rings is 1. The Morgan fingerprint density at radius 2 is 2.12 bits per heavy atom. The quantitative estimate of drug-likeness (QED) is 0.827. The summed E-state index contributed by atoms with van der Waals surface area (Å²) in [6, 6.07) is 4.03. The Hall–Kier alpha value is -1.23. The largest absolute Gasteiger partial charge is 0.496 e. The predicted octanol–water partition coefficient (Wildman–Crippen LogP) is 2.79. The van der Waals surface area contributed by atoms with Gasteiger partial charge in [-0.2, -0.15) is 0 Å². The molecule has 88 valence electrons. The molecule has 1 N–H and O–H groups in total. The number of thioether (sulfide) groups is 1. The van der Waals surface area contributed by atoms with Crippen molar-refractivity contribution in [1.82, 2.24) is 0 Å². The zero-order valence-electron chi connectivity index (χ0n) is 9.28. The highest BCUT2D eigenvalue weighted by Crippen LogP contribution is 2.38. The van der Waals surface area contributed by atoms with E-state index in [9.17, 15) is 9.18 Å². The molecular weight excluding hydrogens is 231 g/mol. The van der Waals surface area contributed by atoms with E-state index < -0.39 is 16.5 Å². The van der Waals surface area contributed by atoms with E-state index in [1.54, 1.807) is 13.8 Å². The van der Waals surface area contributed by atoms with Gasteiger partial charge in [0.1, 0.15) is 16.3 Å². The minimum atomic E-state index is -1.03. The average molecular weight is 244 g/mol. The van der Waals surface area contributed by atoms with Crippen LogP contribution in [0.4, 0.5) is 4.39 Å². The molecular formula is C11H13FO3S. The van der Waals surface area contributed by atoms with Gasteiger partial charge in [0.15, 0.2) is 0 Å². The first-order valence-corrected chi connectivity index (χ1v) is 5.44. The van der Waals surface area contributed by atoms with Gasteiger partial charge in [0.2, 0.25) is 0 Å². The molecule has 16 heavy (non-hydrogen) atoms. The van der Waals surface area contributed by atoms with E-state index in [1.165, 1.54) is 25.3 Å². The van der Waals surface area contributed by atoms with Crippen LogP contribution in [0, 0.1) is 5.82 Å². The Labute approximate surface area is 97.6 Å². The molecule has 0 amide bonds. The molecule has 0 aliphatic heterocycles. The summed E-state index contributed by atoms with van der Waals surface area (Å²) < 4.78 is 17.1. The van der Waals surface area contributed by atoms with Gasteiger partial charge in [0, 0.05) is 0 Å². The second kappa shape index (κ2) is 4.74. The van der Waals surface area contributed by atoms with E-state index in [-0.39, 0.29) is 0 Å². The number of hydrogen-bond donors (Lipinski definition) is 1. The summed E-state index contributed by atoms with van der Waals surface area (Å²) >= 11 is 1.05. The third kappa shape index (κ3) is 2.88. The number of carbonyl (C=O) groups is 1. The monoisotopic (exact) mass is 244 g/mol. The number of halogens is 1. The Balaban J connectivity index is 3.04. The van der Waals surface area contributed by atoms with Crippen LogP contribution in [-0.2, 0) is 4.79 Å². The number of ether oxygens (including phenoxy) is 1. The van der Waals surface area contributed by atoms with Gasteiger partial charge in [-0.15, -0.1) is 11.8 Å². The molecule has 5 heteroatoms.